The van der Waals surface area contributed by atoms with Gasteiger partial charge in [0.15, 0.2) is 0 Å². The molecule has 0 unspecified atom stereocenters. The lowest BCUT2D eigenvalue weighted by atomic mass is 9.89. The lowest BCUT2D eigenvalue weighted by Crippen LogP contribution is -2.23. The van der Waals surface area contributed by atoms with Gasteiger partial charge in [0, 0.05) is 17.9 Å². The molecule has 2 heteroatoms. The van der Waals surface area contributed by atoms with Crippen molar-refractivity contribution in [3.8, 4) is 0 Å². The second kappa shape index (κ2) is 9.48. The highest BCUT2D eigenvalue weighted by Crippen LogP contribution is 2.24. The van der Waals surface area contributed by atoms with Crippen LogP contribution >= 0.6 is 0 Å². The molecule has 1 fully saturated rings. The van der Waals surface area contributed by atoms with E-state index in [1.807, 2.05) is 13.0 Å². The first-order valence-corrected chi connectivity index (χ1v) is 7.36. The average molecular weight is 260 g/mol. The fourth-order valence-corrected chi connectivity index (χ4v) is 2.24. The molecule has 0 radical (unpaired) electrons. The molecule has 0 aliphatic heterocycles. The van der Waals surface area contributed by atoms with E-state index in [0.29, 0.717) is 0 Å². The quantitative estimate of drug-likeness (QED) is 0.511. The number of hydrogen-bond acceptors (Lipinski definition) is 2. The van der Waals surface area contributed by atoms with Gasteiger partial charge in [-0.3, -0.25) is 0 Å². The van der Waals surface area contributed by atoms with Crippen molar-refractivity contribution in [2.45, 2.75) is 39.0 Å². The van der Waals surface area contributed by atoms with Crippen LogP contribution in [0.3, 0.4) is 0 Å². The van der Waals surface area contributed by atoms with Crippen LogP contribution in [0.25, 0.3) is 0 Å². The zero-order valence-electron chi connectivity index (χ0n) is 12.3. The van der Waals surface area contributed by atoms with Crippen molar-refractivity contribution in [1.29, 1.82) is 0 Å². The van der Waals surface area contributed by atoms with E-state index in [9.17, 15) is 0 Å². The third-order valence-electron chi connectivity index (χ3n) is 3.45. The van der Waals surface area contributed by atoms with Crippen molar-refractivity contribution in [1.82, 2.24) is 10.6 Å². The fraction of sp³-hybridized carbons (Fsp3) is 0.529. The minimum atomic E-state index is 0.728. The van der Waals surface area contributed by atoms with Gasteiger partial charge in [-0.15, -0.1) is 0 Å². The van der Waals surface area contributed by atoms with Crippen LogP contribution in [0.15, 0.2) is 48.9 Å². The number of hydrogen-bond donors (Lipinski definition) is 2. The lowest BCUT2D eigenvalue weighted by Gasteiger charge is -2.18. The predicted octanol–water partition coefficient (Wildman–Crippen LogP) is 3.91. The molecule has 1 saturated carbocycles. The Morgan fingerprint density at radius 3 is 2.58 bits per heavy atom. The molecule has 0 aromatic rings. The molecule has 1 rings (SSSR count). The lowest BCUT2D eigenvalue weighted by molar-refractivity contribution is 0.419. The van der Waals surface area contributed by atoms with Crippen molar-refractivity contribution in [2.24, 2.45) is 5.92 Å². The van der Waals surface area contributed by atoms with E-state index in [0.717, 1.165) is 30.4 Å². The average Bonchev–Trinajstić information content (AvgIpc) is 2.44. The summed E-state index contributed by atoms with van der Waals surface area (Å²) in [6, 6.07) is 0. The highest BCUT2D eigenvalue weighted by molar-refractivity contribution is 5.15. The smallest absolute Gasteiger partial charge is 0.0541 e. The summed E-state index contributed by atoms with van der Waals surface area (Å²) in [7, 11) is 0. The maximum Gasteiger partial charge on any atom is 0.0541 e. The summed E-state index contributed by atoms with van der Waals surface area (Å²) < 4.78 is 0. The zero-order valence-corrected chi connectivity index (χ0v) is 12.3. The SMILES string of the molecule is C=C(/C=C/C1CCCCC1)NCC(=C)NC/C=C/C. The van der Waals surface area contributed by atoms with E-state index < -0.39 is 0 Å². The first kappa shape index (κ1) is 15.6. The Balaban J connectivity index is 2.16. The molecule has 0 bridgehead atoms. The van der Waals surface area contributed by atoms with Gasteiger partial charge in [0.2, 0.25) is 0 Å². The van der Waals surface area contributed by atoms with Gasteiger partial charge < -0.3 is 10.6 Å². The normalized spacial score (nSPS) is 16.9. The van der Waals surface area contributed by atoms with E-state index in [4.69, 9.17) is 0 Å². The molecule has 0 saturated heterocycles. The van der Waals surface area contributed by atoms with Gasteiger partial charge in [-0.05, 0) is 31.8 Å². The van der Waals surface area contributed by atoms with E-state index in [1.54, 1.807) is 0 Å². The summed E-state index contributed by atoms with van der Waals surface area (Å²) in [6.07, 6.45) is 15.4. The van der Waals surface area contributed by atoms with Crippen LogP contribution < -0.4 is 10.6 Å². The summed E-state index contributed by atoms with van der Waals surface area (Å²) in [4.78, 5) is 0. The van der Waals surface area contributed by atoms with Crippen molar-refractivity contribution >= 4 is 0 Å². The zero-order chi connectivity index (χ0) is 13.9. The molecule has 0 heterocycles. The van der Waals surface area contributed by atoms with E-state index in [-0.39, 0.29) is 0 Å². The van der Waals surface area contributed by atoms with Crippen LogP contribution in [0.2, 0.25) is 0 Å². The molecule has 19 heavy (non-hydrogen) atoms. The van der Waals surface area contributed by atoms with Crippen molar-refractivity contribution < 1.29 is 0 Å². The second-order valence-electron chi connectivity index (χ2n) is 5.19. The topological polar surface area (TPSA) is 24.1 Å². The second-order valence-corrected chi connectivity index (χ2v) is 5.19. The molecule has 2 N–H and O–H groups in total. The molecular formula is C17H28N2. The molecule has 0 spiro atoms. The highest BCUT2D eigenvalue weighted by Gasteiger charge is 2.09. The monoisotopic (exact) mass is 260 g/mol. The van der Waals surface area contributed by atoms with Crippen molar-refractivity contribution in [2.75, 3.05) is 13.1 Å². The Bertz CT molecular complexity index is 333. The largest absolute Gasteiger partial charge is 0.384 e. The van der Waals surface area contributed by atoms with Gasteiger partial charge in [0.25, 0.3) is 0 Å². The van der Waals surface area contributed by atoms with Crippen LogP contribution in [-0.4, -0.2) is 13.1 Å². The van der Waals surface area contributed by atoms with Crippen LogP contribution in [0.4, 0.5) is 0 Å². The van der Waals surface area contributed by atoms with E-state index in [1.165, 1.54) is 32.1 Å². The van der Waals surface area contributed by atoms with Crippen LogP contribution in [0.1, 0.15) is 39.0 Å². The number of rotatable bonds is 8. The molecule has 1 aliphatic carbocycles. The molecule has 2 nitrogen and oxygen atoms in total. The van der Waals surface area contributed by atoms with Gasteiger partial charge in [0.1, 0.15) is 0 Å². The van der Waals surface area contributed by atoms with Gasteiger partial charge in [-0.25, -0.2) is 0 Å². The third kappa shape index (κ3) is 7.55. The molecule has 0 aromatic carbocycles. The molecule has 106 valence electrons. The Morgan fingerprint density at radius 2 is 1.89 bits per heavy atom. The first-order chi connectivity index (χ1) is 9.22. The van der Waals surface area contributed by atoms with Gasteiger partial charge in [0.05, 0.1) is 6.54 Å². The summed E-state index contributed by atoms with van der Waals surface area (Å²) in [5.74, 6) is 0.753. The third-order valence-corrected chi connectivity index (χ3v) is 3.45. The first-order valence-electron chi connectivity index (χ1n) is 7.36. The number of nitrogens with one attached hydrogen (secondary N) is 2. The van der Waals surface area contributed by atoms with Gasteiger partial charge in [-0.1, -0.05) is 50.6 Å². The molecule has 0 atom stereocenters. The van der Waals surface area contributed by atoms with E-state index in [2.05, 4.69) is 42.0 Å². The highest BCUT2D eigenvalue weighted by atomic mass is 15.0. The minimum absolute atomic E-state index is 0.728. The molecule has 0 aromatic heterocycles. The summed E-state index contributed by atoms with van der Waals surface area (Å²) >= 11 is 0. The molecule has 1 aliphatic rings. The van der Waals surface area contributed by atoms with Gasteiger partial charge >= 0.3 is 0 Å². The molecule has 0 amide bonds. The number of allylic oxidation sites excluding steroid dienone is 3. The van der Waals surface area contributed by atoms with Crippen LogP contribution in [0, 0.1) is 5.92 Å². The van der Waals surface area contributed by atoms with E-state index >= 15 is 0 Å². The summed E-state index contributed by atoms with van der Waals surface area (Å²) in [5.41, 5.74) is 1.96. The maximum atomic E-state index is 4.03. The summed E-state index contributed by atoms with van der Waals surface area (Å²) in [6.45, 7) is 11.6. The van der Waals surface area contributed by atoms with Crippen LogP contribution in [0.5, 0.6) is 0 Å². The van der Waals surface area contributed by atoms with Crippen molar-refractivity contribution in [3.05, 3.63) is 48.9 Å². The van der Waals surface area contributed by atoms with Crippen molar-refractivity contribution in [3.63, 3.8) is 0 Å². The Hall–Kier alpha value is -1.44. The predicted molar refractivity (Wildman–Crippen MR) is 84.8 cm³/mol. The standard InChI is InChI=1S/C17H28N2/c1-4-5-13-18-16(3)14-19-15(2)11-12-17-9-7-6-8-10-17/h4-5,11-12,17-19H,2-3,6-10,13-14H2,1H3/b5-4+,12-11+. The maximum absolute atomic E-state index is 4.03. The Labute approximate surface area is 118 Å². The fourth-order valence-electron chi connectivity index (χ4n) is 2.24. The Morgan fingerprint density at radius 1 is 1.16 bits per heavy atom. The molecular weight excluding hydrogens is 232 g/mol. The van der Waals surface area contributed by atoms with Crippen LogP contribution in [-0.2, 0) is 0 Å². The minimum Gasteiger partial charge on any atom is -0.384 e. The Kier molecular flexibility index (Phi) is 7.80. The van der Waals surface area contributed by atoms with Gasteiger partial charge in [-0.2, -0.15) is 0 Å². The summed E-state index contributed by atoms with van der Waals surface area (Å²) in [5, 5.41) is 6.52.